The molecule has 1 fully saturated rings. The number of rotatable bonds is 4. The lowest BCUT2D eigenvalue weighted by Gasteiger charge is -2.26. The van der Waals surface area contributed by atoms with E-state index in [-0.39, 0.29) is 5.56 Å². The third-order valence-electron chi connectivity index (χ3n) is 3.69. The first-order valence-corrected chi connectivity index (χ1v) is 7.29. The highest BCUT2D eigenvalue weighted by Gasteiger charge is 2.12. The van der Waals surface area contributed by atoms with Crippen LogP contribution in [-0.4, -0.2) is 48.1 Å². The molecule has 6 heteroatoms. The molecule has 116 valence electrons. The number of hydrogen-bond acceptors (Lipinski definition) is 5. The van der Waals surface area contributed by atoms with Crippen molar-refractivity contribution >= 4 is 0 Å². The van der Waals surface area contributed by atoms with Gasteiger partial charge in [-0.1, -0.05) is 0 Å². The lowest BCUT2D eigenvalue weighted by Crippen LogP contribution is -2.40. The monoisotopic (exact) mass is 301 g/mol. The molecule has 0 bridgehead atoms. The zero-order valence-electron chi connectivity index (χ0n) is 12.6. The van der Waals surface area contributed by atoms with Crippen LogP contribution in [0.4, 0.5) is 0 Å². The zero-order chi connectivity index (χ0) is 15.4. The molecule has 0 amide bonds. The van der Waals surface area contributed by atoms with Gasteiger partial charge in [-0.25, -0.2) is 4.68 Å². The molecule has 1 aliphatic heterocycles. The van der Waals surface area contributed by atoms with E-state index in [0.29, 0.717) is 19.9 Å². The molecule has 0 N–H and O–H groups in total. The fraction of sp³-hybridized carbons (Fsp3) is 0.375. The van der Waals surface area contributed by atoms with Crippen LogP contribution < -0.4 is 10.3 Å². The number of nitrogens with zero attached hydrogens (tertiary/aromatic N) is 3. The molecule has 3 rings (SSSR count). The van der Waals surface area contributed by atoms with Crippen LogP contribution in [0, 0.1) is 0 Å². The highest BCUT2D eigenvalue weighted by Crippen LogP contribution is 2.19. The van der Waals surface area contributed by atoms with Crippen LogP contribution in [0.2, 0.25) is 0 Å². The molecule has 1 aromatic carbocycles. The second-order valence-corrected chi connectivity index (χ2v) is 5.16. The molecule has 0 radical (unpaired) electrons. The van der Waals surface area contributed by atoms with Crippen LogP contribution in [0.3, 0.4) is 0 Å². The Hall–Kier alpha value is -2.18. The fourth-order valence-corrected chi connectivity index (χ4v) is 2.40. The summed E-state index contributed by atoms with van der Waals surface area (Å²) in [6.45, 7) is 3.54. The molecule has 0 unspecified atom stereocenters. The Bertz CT molecular complexity index is 676. The van der Waals surface area contributed by atoms with E-state index in [1.165, 1.54) is 4.68 Å². The first-order chi connectivity index (χ1) is 10.8. The molecule has 6 nitrogen and oxygen atoms in total. The minimum absolute atomic E-state index is 0.0937. The summed E-state index contributed by atoms with van der Waals surface area (Å²) in [7, 11) is 1.63. The quantitative estimate of drug-likeness (QED) is 0.849. The third kappa shape index (κ3) is 3.35. The van der Waals surface area contributed by atoms with E-state index >= 15 is 0 Å². The SMILES string of the molecule is COc1ccc(-c2ccc(=O)n(CN3CCOCC3)n2)cc1. The van der Waals surface area contributed by atoms with E-state index in [2.05, 4.69) is 10.00 Å². The maximum Gasteiger partial charge on any atom is 0.268 e. The van der Waals surface area contributed by atoms with E-state index in [4.69, 9.17) is 9.47 Å². The molecule has 22 heavy (non-hydrogen) atoms. The summed E-state index contributed by atoms with van der Waals surface area (Å²) in [6.07, 6.45) is 0. The molecule has 0 spiro atoms. The number of hydrogen-bond donors (Lipinski definition) is 0. The number of benzene rings is 1. The van der Waals surface area contributed by atoms with E-state index in [1.807, 2.05) is 24.3 Å². The molecule has 1 saturated heterocycles. The molecule has 0 saturated carbocycles. The van der Waals surface area contributed by atoms with Gasteiger partial charge in [-0.05, 0) is 30.3 Å². The molecule has 2 aromatic rings. The normalized spacial score (nSPS) is 15.7. The van der Waals surface area contributed by atoms with Gasteiger partial charge in [-0.15, -0.1) is 0 Å². The largest absolute Gasteiger partial charge is 0.497 e. The summed E-state index contributed by atoms with van der Waals surface area (Å²) in [5.74, 6) is 0.797. The molecule has 2 heterocycles. The molecule has 0 atom stereocenters. The van der Waals surface area contributed by atoms with Crippen molar-refractivity contribution in [1.29, 1.82) is 0 Å². The Morgan fingerprint density at radius 3 is 2.55 bits per heavy atom. The van der Waals surface area contributed by atoms with Gasteiger partial charge in [0.05, 0.1) is 32.7 Å². The van der Waals surface area contributed by atoms with Gasteiger partial charge < -0.3 is 9.47 Å². The van der Waals surface area contributed by atoms with Crippen LogP contribution >= 0.6 is 0 Å². The average molecular weight is 301 g/mol. The highest BCUT2D eigenvalue weighted by atomic mass is 16.5. The zero-order valence-corrected chi connectivity index (χ0v) is 12.6. The van der Waals surface area contributed by atoms with Gasteiger partial charge in [0.1, 0.15) is 5.75 Å². The van der Waals surface area contributed by atoms with Gasteiger partial charge in [0.15, 0.2) is 0 Å². The number of methoxy groups -OCH3 is 1. The molecular formula is C16H19N3O3. The van der Waals surface area contributed by atoms with Crippen LogP contribution in [0.25, 0.3) is 11.3 Å². The van der Waals surface area contributed by atoms with Crippen LogP contribution in [0.1, 0.15) is 0 Å². The topological polar surface area (TPSA) is 56.6 Å². The Morgan fingerprint density at radius 2 is 1.86 bits per heavy atom. The maximum atomic E-state index is 12.0. The van der Waals surface area contributed by atoms with Crippen LogP contribution in [0.15, 0.2) is 41.2 Å². The number of morpholine rings is 1. The molecule has 1 aromatic heterocycles. The smallest absolute Gasteiger partial charge is 0.268 e. The molecule has 1 aliphatic rings. The van der Waals surface area contributed by atoms with Gasteiger partial charge in [0, 0.05) is 24.7 Å². The average Bonchev–Trinajstić information content (AvgIpc) is 2.58. The first-order valence-electron chi connectivity index (χ1n) is 7.29. The van der Waals surface area contributed by atoms with Gasteiger partial charge in [0.25, 0.3) is 5.56 Å². The summed E-state index contributed by atoms with van der Waals surface area (Å²) >= 11 is 0. The molecular weight excluding hydrogens is 282 g/mol. The first kappa shape index (κ1) is 14.7. The summed E-state index contributed by atoms with van der Waals surface area (Å²) in [4.78, 5) is 14.2. The maximum absolute atomic E-state index is 12.0. The Kier molecular flexibility index (Phi) is 4.50. The van der Waals surface area contributed by atoms with E-state index < -0.39 is 0 Å². The van der Waals surface area contributed by atoms with Gasteiger partial charge in [-0.2, -0.15) is 5.10 Å². The minimum Gasteiger partial charge on any atom is -0.497 e. The number of ether oxygens (including phenoxy) is 2. The lowest BCUT2D eigenvalue weighted by molar-refractivity contribution is 0.0205. The Labute approximate surface area is 128 Å². The van der Waals surface area contributed by atoms with Crippen LogP contribution in [-0.2, 0) is 11.4 Å². The second-order valence-electron chi connectivity index (χ2n) is 5.16. The van der Waals surface area contributed by atoms with Gasteiger partial charge in [0.2, 0.25) is 0 Å². The summed E-state index contributed by atoms with van der Waals surface area (Å²) in [5.41, 5.74) is 1.63. The lowest BCUT2D eigenvalue weighted by atomic mass is 10.1. The Morgan fingerprint density at radius 1 is 1.14 bits per heavy atom. The minimum atomic E-state index is -0.0937. The standard InChI is InChI=1S/C16H19N3O3/c1-21-14-4-2-13(3-5-14)15-6-7-16(20)19(17-15)12-18-8-10-22-11-9-18/h2-7H,8-12H2,1H3. The van der Waals surface area contributed by atoms with E-state index in [9.17, 15) is 4.79 Å². The van der Waals surface area contributed by atoms with Crippen molar-refractivity contribution in [1.82, 2.24) is 14.7 Å². The third-order valence-corrected chi connectivity index (χ3v) is 3.69. The predicted octanol–water partition coefficient (Wildman–Crippen LogP) is 1.21. The van der Waals surface area contributed by atoms with Crippen LogP contribution in [0.5, 0.6) is 5.75 Å². The van der Waals surface area contributed by atoms with Crippen molar-refractivity contribution in [2.45, 2.75) is 6.67 Å². The highest BCUT2D eigenvalue weighted by molar-refractivity contribution is 5.59. The van der Waals surface area contributed by atoms with Gasteiger partial charge in [-0.3, -0.25) is 9.69 Å². The van der Waals surface area contributed by atoms with Crippen molar-refractivity contribution in [3.05, 3.63) is 46.8 Å². The second kappa shape index (κ2) is 6.72. The van der Waals surface area contributed by atoms with Crippen molar-refractivity contribution < 1.29 is 9.47 Å². The summed E-state index contributed by atoms with van der Waals surface area (Å²) in [5, 5.41) is 4.47. The van der Waals surface area contributed by atoms with Crippen molar-refractivity contribution in [3.63, 3.8) is 0 Å². The van der Waals surface area contributed by atoms with Crippen molar-refractivity contribution in [2.75, 3.05) is 33.4 Å². The van der Waals surface area contributed by atoms with Crippen molar-refractivity contribution in [3.8, 4) is 17.0 Å². The summed E-state index contributed by atoms with van der Waals surface area (Å²) < 4.78 is 12.0. The van der Waals surface area contributed by atoms with Gasteiger partial charge >= 0.3 is 0 Å². The van der Waals surface area contributed by atoms with Crippen molar-refractivity contribution in [2.24, 2.45) is 0 Å². The fourth-order valence-electron chi connectivity index (χ4n) is 2.40. The number of aromatic nitrogens is 2. The van der Waals surface area contributed by atoms with E-state index in [1.54, 1.807) is 19.2 Å². The Balaban J connectivity index is 1.83. The summed E-state index contributed by atoms with van der Waals surface area (Å²) in [6, 6.07) is 10.9. The molecule has 0 aliphatic carbocycles. The van der Waals surface area contributed by atoms with E-state index in [0.717, 1.165) is 30.1 Å². The predicted molar refractivity (Wildman–Crippen MR) is 82.9 cm³/mol.